The van der Waals surface area contributed by atoms with E-state index in [1.54, 1.807) is 6.20 Å². The predicted octanol–water partition coefficient (Wildman–Crippen LogP) is 4.99. The highest BCUT2D eigenvalue weighted by Crippen LogP contribution is 2.24. The molecule has 2 aromatic rings. The Morgan fingerprint density at radius 2 is 1.76 bits per heavy atom. The zero-order valence-electron chi connectivity index (χ0n) is 12.0. The zero-order valence-corrected chi connectivity index (χ0v) is 17.0. The van der Waals surface area contributed by atoms with Gasteiger partial charge in [-0.3, -0.25) is 4.98 Å². The molecule has 0 spiro atoms. The molecule has 1 aromatic carbocycles. The van der Waals surface area contributed by atoms with Gasteiger partial charge in [0, 0.05) is 29.0 Å². The van der Waals surface area contributed by atoms with Crippen molar-refractivity contribution in [1.29, 1.82) is 0 Å². The first-order chi connectivity index (χ1) is 9.16. The van der Waals surface area contributed by atoms with Gasteiger partial charge < -0.3 is 4.90 Å². The van der Waals surface area contributed by atoms with Gasteiger partial charge in [-0.05, 0) is 43.4 Å². The van der Waals surface area contributed by atoms with Crippen LogP contribution in [0.1, 0.15) is 11.1 Å². The molecule has 0 aliphatic heterocycles. The predicted molar refractivity (Wildman–Crippen MR) is 105 cm³/mol. The topological polar surface area (TPSA) is 16.1 Å². The van der Waals surface area contributed by atoms with Crippen molar-refractivity contribution < 1.29 is 0 Å². The molecule has 0 radical (unpaired) electrons. The van der Waals surface area contributed by atoms with Gasteiger partial charge in [0.1, 0.15) is 0 Å². The smallest absolute Gasteiger partial charge is 0.0346 e. The van der Waals surface area contributed by atoms with E-state index in [1.807, 2.05) is 12.3 Å². The molecule has 21 heavy (non-hydrogen) atoms. The summed E-state index contributed by atoms with van der Waals surface area (Å²) in [5.41, 5.74) is 3.57. The molecular formula is C16H19Br3N2. The number of aromatic nitrogens is 1. The summed E-state index contributed by atoms with van der Waals surface area (Å²) in [6.07, 6.45) is 5.94. The average molecular weight is 479 g/mol. The van der Waals surface area contributed by atoms with Crippen LogP contribution in [0, 0.1) is 0 Å². The van der Waals surface area contributed by atoms with Gasteiger partial charge in [0.25, 0.3) is 0 Å². The molecule has 0 saturated carbocycles. The molecule has 0 aliphatic carbocycles. The maximum absolute atomic E-state index is 4.21. The number of rotatable bonds is 4. The Morgan fingerprint density at radius 3 is 2.29 bits per heavy atom. The van der Waals surface area contributed by atoms with Crippen molar-refractivity contribution >= 4 is 55.5 Å². The number of halogens is 3. The second-order valence-corrected chi connectivity index (χ2v) is 5.54. The van der Waals surface area contributed by atoms with Gasteiger partial charge in [-0.15, -0.1) is 34.0 Å². The minimum atomic E-state index is 0. The standard InChI is InChI=1S/C16H17BrN2.2BrH/c1-19(2)11-9-16(14-4-3-10-18-12-14)13-5-7-15(17)8-6-13;;/h3-10,12H,11H2,1-2H3;2*1H/b16-9-;;. The normalized spacial score (nSPS) is 10.8. The van der Waals surface area contributed by atoms with Crippen molar-refractivity contribution in [3.05, 3.63) is 70.5 Å². The lowest BCUT2D eigenvalue weighted by atomic mass is 9.99. The third kappa shape index (κ3) is 6.43. The van der Waals surface area contributed by atoms with Gasteiger partial charge in [0.05, 0.1) is 0 Å². The van der Waals surface area contributed by atoms with Gasteiger partial charge in [-0.1, -0.05) is 40.2 Å². The third-order valence-corrected chi connectivity index (χ3v) is 3.32. The van der Waals surface area contributed by atoms with Crippen molar-refractivity contribution in [2.45, 2.75) is 0 Å². The van der Waals surface area contributed by atoms with E-state index >= 15 is 0 Å². The summed E-state index contributed by atoms with van der Waals surface area (Å²) in [4.78, 5) is 6.36. The van der Waals surface area contributed by atoms with Crippen LogP contribution in [-0.4, -0.2) is 30.5 Å². The number of likely N-dealkylation sites (N-methyl/N-ethyl adjacent to an activating group) is 1. The Balaban J connectivity index is 0.00000200. The van der Waals surface area contributed by atoms with E-state index in [2.05, 4.69) is 76.3 Å². The Labute approximate surface area is 155 Å². The molecule has 0 aliphatic rings. The lowest BCUT2D eigenvalue weighted by molar-refractivity contribution is 0.457. The highest BCUT2D eigenvalue weighted by Gasteiger charge is 2.05. The van der Waals surface area contributed by atoms with Crippen molar-refractivity contribution in [1.82, 2.24) is 9.88 Å². The minimum Gasteiger partial charge on any atom is -0.306 e. The molecule has 0 bridgehead atoms. The monoisotopic (exact) mass is 476 g/mol. The Kier molecular flexibility index (Phi) is 10.0. The SMILES string of the molecule is Br.Br.CN(C)C/C=C(/c1ccc(Br)cc1)c1cccnc1. The molecule has 1 heterocycles. The molecule has 0 atom stereocenters. The molecule has 0 saturated heterocycles. The average Bonchev–Trinajstić information content (AvgIpc) is 2.42. The summed E-state index contributed by atoms with van der Waals surface area (Å²) >= 11 is 3.47. The molecule has 1 aromatic heterocycles. The van der Waals surface area contributed by atoms with Crippen LogP contribution < -0.4 is 0 Å². The van der Waals surface area contributed by atoms with Crippen LogP contribution in [0.2, 0.25) is 0 Å². The lowest BCUT2D eigenvalue weighted by Gasteiger charge is -2.11. The van der Waals surface area contributed by atoms with Gasteiger partial charge in [0.2, 0.25) is 0 Å². The fourth-order valence-corrected chi connectivity index (χ4v) is 2.09. The summed E-state index contributed by atoms with van der Waals surface area (Å²) in [5, 5.41) is 0. The molecule has 114 valence electrons. The number of hydrogen-bond acceptors (Lipinski definition) is 2. The summed E-state index contributed by atoms with van der Waals surface area (Å²) in [5.74, 6) is 0. The second kappa shape index (κ2) is 10.3. The molecule has 0 N–H and O–H groups in total. The van der Waals surface area contributed by atoms with Crippen molar-refractivity contribution in [2.24, 2.45) is 0 Å². The highest BCUT2D eigenvalue weighted by atomic mass is 79.9. The van der Waals surface area contributed by atoms with Gasteiger partial charge in [-0.25, -0.2) is 0 Å². The quantitative estimate of drug-likeness (QED) is 0.615. The largest absolute Gasteiger partial charge is 0.306 e. The van der Waals surface area contributed by atoms with Gasteiger partial charge >= 0.3 is 0 Å². The molecule has 2 nitrogen and oxygen atoms in total. The van der Waals surface area contributed by atoms with Crippen LogP contribution in [0.15, 0.2) is 59.3 Å². The van der Waals surface area contributed by atoms with E-state index in [0.29, 0.717) is 0 Å². The molecule has 0 fully saturated rings. The molecule has 5 heteroatoms. The summed E-state index contributed by atoms with van der Waals surface area (Å²) in [6.45, 7) is 0.903. The van der Waals surface area contributed by atoms with Crippen LogP contribution in [0.5, 0.6) is 0 Å². The van der Waals surface area contributed by atoms with Gasteiger partial charge in [-0.2, -0.15) is 0 Å². The summed E-state index contributed by atoms with van der Waals surface area (Å²) < 4.78 is 1.09. The fourth-order valence-electron chi connectivity index (χ4n) is 1.83. The molecule has 2 rings (SSSR count). The zero-order chi connectivity index (χ0) is 13.7. The van der Waals surface area contributed by atoms with Crippen LogP contribution in [0.4, 0.5) is 0 Å². The first-order valence-electron chi connectivity index (χ1n) is 6.18. The first-order valence-corrected chi connectivity index (χ1v) is 6.97. The van der Waals surface area contributed by atoms with E-state index in [4.69, 9.17) is 0 Å². The van der Waals surface area contributed by atoms with Crippen LogP contribution in [0.25, 0.3) is 5.57 Å². The fraction of sp³-hybridized carbons (Fsp3) is 0.188. The Bertz CT molecular complexity index is 551. The van der Waals surface area contributed by atoms with Crippen LogP contribution in [-0.2, 0) is 0 Å². The second-order valence-electron chi connectivity index (χ2n) is 4.63. The van der Waals surface area contributed by atoms with Crippen molar-refractivity contribution in [3.63, 3.8) is 0 Å². The van der Waals surface area contributed by atoms with E-state index in [0.717, 1.165) is 16.6 Å². The van der Waals surface area contributed by atoms with E-state index < -0.39 is 0 Å². The summed E-state index contributed by atoms with van der Waals surface area (Å²) in [6, 6.07) is 12.4. The van der Waals surface area contributed by atoms with E-state index in [1.165, 1.54) is 11.1 Å². The van der Waals surface area contributed by atoms with Gasteiger partial charge in [0.15, 0.2) is 0 Å². The maximum Gasteiger partial charge on any atom is 0.0346 e. The highest BCUT2D eigenvalue weighted by molar-refractivity contribution is 9.10. The summed E-state index contributed by atoms with van der Waals surface area (Å²) in [7, 11) is 4.14. The van der Waals surface area contributed by atoms with Crippen LogP contribution in [0.3, 0.4) is 0 Å². The van der Waals surface area contributed by atoms with E-state index in [9.17, 15) is 0 Å². The number of nitrogens with zero attached hydrogens (tertiary/aromatic N) is 2. The molecule has 0 unspecified atom stereocenters. The first kappa shape index (κ1) is 20.5. The minimum absolute atomic E-state index is 0. The van der Waals surface area contributed by atoms with Crippen molar-refractivity contribution in [2.75, 3.05) is 20.6 Å². The lowest BCUT2D eigenvalue weighted by Crippen LogP contribution is -2.11. The third-order valence-electron chi connectivity index (χ3n) is 2.79. The molecular weight excluding hydrogens is 460 g/mol. The Hall–Kier alpha value is -0.490. The van der Waals surface area contributed by atoms with Crippen LogP contribution >= 0.6 is 49.9 Å². The number of benzene rings is 1. The molecule has 0 amide bonds. The van der Waals surface area contributed by atoms with E-state index in [-0.39, 0.29) is 34.0 Å². The maximum atomic E-state index is 4.21. The number of hydrogen-bond donors (Lipinski definition) is 0. The Morgan fingerprint density at radius 1 is 1.10 bits per heavy atom. The van der Waals surface area contributed by atoms with Crippen molar-refractivity contribution in [3.8, 4) is 0 Å². The number of pyridine rings is 1.